The molecule has 1 heteroatoms. The average Bonchev–Trinajstić information content (AvgIpc) is 2.37. The normalized spacial score (nSPS) is 38.6. The molecular weight excluding hydrogens is 244 g/mol. The molecule has 4 saturated carbocycles. The highest BCUT2D eigenvalue weighted by molar-refractivity contribution is 5.42. The van der Waals surface area contributed by atoms with Crippen LogP contribution in [0, 0.1) is 17.8 Å². The Kier molecular flexibility index (Phi) is 2.71. The van der Waals surface area contributed by atoms with Gasteiger partial charge in [-0.15, -0.1) is 0 Å². The fourth-order valence-corrected chi connectivity index (χ4v) is 5.81. The van der Waals surface area contributed by atoms with Crippen molar-refractivity contribution in [2.75, 3.05) is 0 Å². The van der Waals surface area contributed by atoms with Gasteiger partial charge in [0.25, 0.3) is 0 Å². The molecule has 0 amide bonds. The van der Waals surface area contributed by atoms with Crippen LogP contribution in [0.4, 0.5) is 0 Å². The Hall–Kier alpha value is -0.980. The largest absolute Gasteiger partial charge is 0.508 e. The lowest BCUT2D eigenvalue weighted by molar-refractivity contribution is -0.00524. The van der Waals surface area contributed by atoms with Crippen molar-refractivity contribution in [3.05, 3.63) is 29.3 Å². The van der Waals surface area contributed by atoms with Crippen LogP contribution in [0.1, 0.15) is 69.4 Å². The van der Waals surface area contributed by atoms with Gasteiger partial charge in [0.15, 0.2) is 0 Å². The van der Waals surface area contributed by atoms with Crippen LogP contribution in [0.15, 0.2) is 18.2 Å². The number of phenols is 1. The molecular formula is C19H26O. The molecule has 0 spiro atoms. The molecule has 0 aliphatic heterocycles. The van der Waals surface area contributed by atoms with Gasteiger partial charge in [-0.25, -0.2) is 0 Å². The first-order valence-electron chi connectivity index (χ1n) is 8.39. The fourth-order valence-electron chi connectivity index (χ4n) is 5.81. The van der Waals surface area contributed by atoms with E-state index in [0.29, 0.717) is 17.1 Å². The van der Waals surface area contributed by atoms with Crippen LogP contribution in [0.5, 0.6) is 5.75 Å². The van der Waals surface area contributed by atoms with Crippen LogP contribution in [-0.4, -0.2) is 5.11 Å². The predicted molar refractivity (Wildman–Crippen MR) is 82.0 cm³/mol. The lowest BCUT2D eigenvalue weighted by Crippen LogP contribution is -2.48. The number of aromatic hydroxyl groups is 1. The summed E-state index contributed by atoms with van der Waals surface area (Å²) < 4.78 is 0. The highest BCUT2D eigenvalue weighted by Gasteiger charge is 2.51. The van der Waals surface area contributed by atoms with E-state index in [2.05, 4.69) is 26.0 Å². The van der Waals surface area contributed by atoms with Crippen LogP contribution < -0.4 is 0 Å². The third-order valence-electron chi connectivity index (χ3n) is 6.30. The van der Waals surface area contributed by atoms with Crippen LogP contribution >= 0.6 is 0 Å². The van der Waals surface area contributed by atoms with Gasteiger partial charge in [-0.05, 0) is 84.8 Å². The van der Waals surface area contributed by atoms with Crippen LogP contribution in [0.3, 0.4) is 0 Å². The van der Waals surface area contributed by atoms with Gasteiger partial charge in [-0.3, -0.25) is 0 Å². The van der Waals surface area contributed by atoms with Crippen LogP contribution in [0.2, 0.25) is 0 Å². The van der Waals surface area contributed by atoms with Gasteiger partial charge in [0, 0.05) is 0 Å². The zero-order chi connectivity index (χ0) is 13.9. The smallest absolute Gasteiger partial charge is 0.119 e. The zero-order valence-electron chi connectivity index (χ0n) is 12.7. The molecule has 0 atom stereocenters. The second kappa shape index (κ2) is 4.26. The standard InChI is InChI=1S/C19H26O/c1-12(2)17-8-16(3-4-18(17)20)19-9-13-5-14(10-19)7-15(6-13)11-19/h3-4,8,12-15,20H,5-7,9-11H2,1-2H3. The van der Waals surface area contributed by atoms with E-state index in [1.165, 1.54) is 44.1 Å². The predicted octanol–water partition coefficient (Wildman–Crippen LogP) is 4.98. The van der Waals surface area contributed by atoms with E-state index in [1.54, 1.807) is 0 Å². The van der Waals surface area contributed by atoms with E-state index >= 15 is 0 Å². The summed E-state index contributed by atoms with van der Waals surface area (Å²) in [5.74, 6) is 3.84. The maximum atomic E-state index is 10.1. The minimum atomic E-state index is 0.406. The number of rotatable bonds is 2. The lowest BCUT2D eigenvalue weighted by Gasteiger charge is -2.57. The summed E-state index contributed by atoms with van der Waals surface area (Å²) in [4.78, 5) is 0. The van der Waals surface area contributed by atoms with Crippen molar-refractivity contribution in [2.45, 2.75) is 63.7 Å². The summed E-state index contributed by atoms with van der Waals surface area (Å²) >= 11 is 0. The molecule has 20 heavy (non-hydrogen) atoms. The zero-order valence-corrected chi connectivity index (χ0v) is 12.7. The summed E-state index contributed by atoms with van der Waals surface area (Å²) in [6.45, 7) is 4.36. The molecule has 4 aliphatic carbocycles. The summed E-state index contributed by atoms with van der Waals surface area (Å²) in [6, 6.07) is 6.49. The third kappa shape index (κ3) is 1.82. The minimum absolute atomic E-state index is 0.406. The van der Waals surface area contributed by atoms with Gasteiger partial charge in [-0.2, -0.15) is 0 Å². The summed E-state index contributed by atoms with van der Waals surface area (Å²) in [7, 11) is 0. The van der Waals surface area contributed by atoms with E-state index in [-0.39, 0.29) is 0 Å². The Labute approximate surface area is 122 Å². The topological polar surface area (TPSA) is 20.2 Å². The Balaban J connectivity index is 1.75. The molecule has 0 radical (unpaired) electrons. The van der Waals surface area contributed by atoms with Crippen LogP contribution in [-0.2, 0) is 5.41 Å². The highest BCUT2D eigenvalue weighted by Crippen LogP contribution is 2.60. The van der Waals surface area contributed by atoms with E-state index < -0.39 is 0 Å². The molecule has 5 rings (SSSR count). The van der Waals surface area contributed by atoms with Crippen molar-refractivity contribution in [2.24, 2.45) is 17.8 Å². The van der Waals surface area contributed by atoms with E-state index in [0.717, 1.165) is 23.3 Å². The van der Waals surface area contributed by atoms with Gasteiger partial charge >= 0.3 is 0 Å². The Bertz CT molecular complexity index is 493. The van der Waals surface area contributed by atoms with Crippen molar-refractivity contribution < 1.29 is 5.11 Å². The monoisotopic (exact) mass is 270 g/mol. The second-order valence-electron chi connectivity index (χ2n) is 8.13. The molecule has 108 valence electrons. The van der Waals surface area contributed by atoms with Crippen molar-refractivity contribution in [3.8, 4) is 5.75 Å². The molecule has 0 heterocycles. The first-order valence-corrected chi connectivity index (χ1v) is 8.39. The molecule has 1 N–H and O–H groups in total. The summed E-state index contributed by atoms with van der Waals surface area (Å²) in [5, 5.41) is 10.1. The first kappa shape index (κ1) is 12.7. The molecule has 1 aromatic rings. The summed E-state index contributed by atoms with van der Waals surface area (Å²) in [5.41, 5.74) is 3.11. The minimum Gasteiger partial charge on any atom is -0.508 e. The van der Waals surface area contributed by atoms with Crippen LogP contribution in [0.25, 0.3) is 0 Å². The van der Waals surface area contributed by atoms with Gasteiger partial charge in [-0.1, -0.05) is 26.0 Å². The Morgan fingerprint density at radius 1 is 1.00 bits per heavy atom. The maximum Gasteiger partial charge on any atom is 0.119 e. The molecule has 0 saturated heterocycles. The third-order valence-corrected chi connectivity index (χ3v) is 6.30. The maximum absolute atomic E-state index is 10.1. The Morgan fingerprint density at radius 2 is 1.55 bits per heavy atom. The Morgan fingerprint density at radius 3 is 2.05 bits per heavy atom. The van der Waals surface area contributed by atoms with E-state index in [9.17, 15) is 5.11 Å². The number of hydrogen-bond donors (Lipinski definition) is 1. The van der Waals surface area contributed by atoms with E-state index in [1.807, 2.05) is 6.07 Å². The van der Waals surface area contributed by atoms with Gasteiger partial charge < -0.3 is 5.11 Å². The number of phenolic OH excluding ortho intramolecular Hbond substituents is 1. The molecule has 1 nitrogen and oxygen atoms in total. The van der Waals surface area contributed by atoms with Crippen molar-refractivity contribution >= 4 is 0 Å². The van der Waals surface area contributed by atoms with Gasteiger partial charge in [0.2, 0.25) is 0 Å². The van der Waals surface area contributed by atoms with Gasteiger partial charge in [0.05, 0.1) is 0 Å². The molecule has 4 aliphatic rings. The fraction of sp³-hybridized carbons (Fsp3) is 0.684. The SMILES string of the molecule is CC(C)c1cc(C23CC4CC(CC(C4)C2)C3)ccc1O. The first-order chi connectivity index (χ1) is 9.56. The molecule has 4 bridgehead atoms. The number of benzene rings is 1. The van der Waals surface area contributed by atoms with Crippen molar-refractivity contribution in [1.29, 1.82) is 0 Å². The van der Waals surface area contributed by atoms with Crippen molar-refractivity contribution in [3.63, 3.8) is 0 Å². The molecule has 0 aromatic heterocycles. The van der Waals surface area contributed by atoms with Crippen molar-refractivity contribution in [1.82, 2.24) is 0 Å². The molecule has 4 fully saturated rings. The lowest BCUT2D eigenvalue weighted by atomic mass is 9.48. The average molecular weight is 270 g/mol. The van der Waals surface area contributed by atoms with Gasteiger partial charge in [0.1, 0.15) is 5.75 Å². The highest BCUT2D eigenvalue weighted by atomic mass is 16.3. The van der Waals surface area contributed by atoms with E-state index in [4.69, 9.17) is 0 Å². The summed E-state index contributed by atoms with van der Waals surface area (Å²) in [6.07, 6.45) is 8.70. The quantitative estimate of drug-likeness (QED) is 0.803. The second-order valence-corrected chi connectivity index (χ2v) is 8.13. The number of hydrogen-bond acceptors (Lipinski definition) is 1. The molecule has 0 unspecified atom stereocenters. The molecule has 1 aromatic carbocycles.